The maximum atomic E-state index is 11.6. The lowest BCUT2D eigenvalue weighted by Gasteiger charge is -2.07. The van der Waals surface area contributed by atoms with Crippen molar-refractivity contribution < 1.29 is 9.45 Å². The summed E-state index contributed by atoms with van der Waals surface area (Å²) in [4.78, 5) is 15.7. The van der Waals surface area contributed by atoms with Crippen LogP contribution in [0.3, 0.4) is 0 Å². The first-order chi connectivity index (χ1) is 11.5. The first-order valence-corrected chi connectivity index (χ1v) is 8.04. The summed E-state index contributed by atoms with van der Waals surface area (Å²) in [6.45, 7) is 6.43. The second-order valence-corrected chi connectivity index (χ2v) is 6.53. The normalized spacial score (nSPS) is 14.5. The van der Waals surface area contributed by atoms with Crippen LogP contribution in [0.15, 0.2) is 16.7 Å². The summed E-state index contributed by atoms with van der Waals surface area (Å²) in [6.07, 6.45) is 2.43. The van der Waals surface area contributed by atoms with Gasteiger partial charge in [-0.15, -0.1) is 0 Å². The van der Waals surface area contributed by atoms with Gasteiger partial charge in [-0.25, -0.2) is 4.98 Å². The molecule has 1 aromatic carbocycles. The van der Waals surface area contributed by atoms with Crippen LogP contribution >= 0.6 is 0 Å². The van der Waals surface area contributed by atoms with E-state index in [1.165, 1.54) is 12.8 Å². The van der Waals surface area contributed by atoms with Crippen LogP contribution in [0.2, 0.25) is 0 Å². The lowest BCUT2D eigenvalue weighted by molar-refractivity contribution is -0.383. The minimum absolute atomic E-state index is 0.0279. The van der Waals surface area contributed by atoms with E-state index in [0.717, 1.165) is 34.7 Å². The largest absolute Gasteiger partial charge is 0.361 e. The highest BCUT2D eigenvalue weighted by atomic mass is 16.6. The number of nitro groups is 1. The molecule has 7 nitrogen and oxygen atoms in total. The molecular formula is C17H18N4O3. The van der Waals surface area contributed by atoms with E-state index in [1.54, 1.807) is 6.07 Å². The van der Waals surface area contributed by atoms with Crippen molar-refractivity contribution in [2.75, 3.05) is 0 Å². The van der Waals surface area contributed by atoms with E-state index in [1.807, 2.05) is 26.8 Å². The Morgan fingerprint density at radius 2 is 2.08 bits per heavy atom. The van der Waals surface area contributed by atoms with Gasteiger partial charge < -0.3 is 9.09 Å². The van der Waals surface area contributed by atoms with E-state index in [2.05, 4.69) is 14.7 Å². The molecule has 1 aliphatic carbocycles. The highest BCUT2D eigenvalue weighted by molar-refractivity contribution is 5.91. The Balaban J connectivity index is 2.00. The molecule has 1 saturated carbocycles. The van der Waals surface area contributed by atoms with Gasteiger partial charge in [-0.2, -0.15) is 0 Å². The molecule has 0 atom stereocenters. The molecule has 1 aliphatic rings. The molecule has 1 fully saturated rings. The third-order valence-corrected chi connectivity index (χ3v) is 4.68. The van der Waals surface area contributed by atoms with Crippen LogP contribution in [-0.2, 0) is 6.54 Å². The smallest absolute Gasteiger partial charge is 0.297 e. The maximum Gasteiger partial charge on any atom is 0.297 e. The summed E-state index contributed by atoms with van der Waals surface area (Å²) in [5, 5.41) is 15.5. The number of hydrogen-bond donors (Lipinski definition) is 0. The number of fused-ring (bicyclic) bond motifs is 1. The second kappa shape index (κ2) is 5.15. The maximum absolute atomic E-state index is 11.6. The molecule has 124 valence electrons. The van der Waals surface area contributed by atoms with Gasteiger partial charge in [0, 0.05) is 18.2 Å². The van der Waals surface area contributed by atoms with Gasteiger partial charge >= 0.3 is 0 Å². The number of aromatic nitrogens is 3. The molecule has 2 aromatic heterocycles. The van der Waals surface area contributed by atoms with Crippen LogP contribution in [0.25, 0.3) is 22.2 Å². The fraction of sp³-hybridized carbons (Fsp3) is 0.412. The Morgan fingerprint density at radius 3 is 2.67 bits per heavy atom. The summed E-state index contributed by atoms with van der Waals surface area (Å²) in [5.41, 5.74) is 3.59. The van der Waals surface area contributed by atoms with Crippen LogP contribution < -0.4 is 0 Å². The molecule has 2 heterocycles. The number of aryl methyl sites for hydroxylation is 3. The first kappa shape index (κ1) is 14.9. The number of nitro benzene ring substituents is 1. The minimum atomic E-state index is -0.363. The van der Waals surface area contributed by atoms with Crippen LogP contribution in [0.5, 0.6) is 0 Å². The molecule has 0 saturated heterocycles. The molecule has 0 amide bonds. The van der Waals surface area contributed by atoms with Crippen molar-refractivity contribution in [3.63, 3.8) is 0 Å². The molecule has 7 heteroatoms. The number of nitrogens with zero attached hydrogens (tertiary/aromatic N) is 4. The van der Waals surface area contributed by atoms with Gasteiger partial charge in [0.05, 0.1) is 16.1 Å². The molecule has 0 N–H and O–H groups in total. The van der Waals surface area contributed by atoms with Crippen LogP contribution in [0.4, 0.5) is 5.69 Å². The third kappa shape index (κ3) is 2.28. The fourth-order valence-corrected chi connectivity index (χ4v) is 3.29. The summed E-state index contributed by atoms with van der Waals surface area (Å²) in [7, 11) is 0. The molecule has 24 heavy (non-hydrogen) atoms. The summed E-state index contributed by atoms with van der Waals surface area (Å²) in [5.74, 6) is 2.13. The zero-order valence-corrected chi connectivity index (χ0v) is 13.9. The molecule has 3 aromatic rings. The van der Waals surface area contributed by atoms with Gasteiger partial charge in [-0.3, -0.25) is 10.1 Å². The third-order valence-electron chi connectivity index (χ3n) is 4.68. The number of imidazole rings is 1. The van der Waals surface area contributed by atoms with E-state index in [0.29, 0.717) is 17.2 Å². The highest BCUT2D eigenvalue weighted by Gasteiger charge is 2.27. The van der Waals surface area contributed by atoms with Gasteiger partial charge in [0.1, 0.15) is 11.6 Å². The Labute approximate surface area is 138 Å². The average molecular weight is 326 g/mol. The van der Waals surface area contributed by atoms with Crippen molar-refractivity contribution >= 4 is 16.7 Å². The number of benzene rings is 1. The van der Waals surface area contributed by atoms with E-state index < -0.39 is 0 Å². The zero-order chi connectivity index (χ0) is 17.0. The number of non-ortho nitro benzene ring substituents is 1. The van der Waals surface area contributed by atoms with Gasteiger partial charge in [-0.1, -0.05) is 5.16 Å². The second-order valence-electron chi connectivity index (χ2n) is 6.53. The van der Waals surface area contributed by atoms with Gasteiger partial charge in [0.2, 0.25) is 0 Å². The van der Waals surface area contributed by atoms with Crippen LogP contribution in [0.1, 0.15) is 30.1 Å². The summed E-state index contributed by atoms with van der Waals surface area (Å²) in [6, 6.07) is 3.54. The molecule has 0 spiro atoms. The highest BCUT2D eigenvalue weighted by Crippen LogP contribution is 2.37. The van der Waals surface area contributed by atoms with Crippen molar-refractivity contribution in [2.45, 2.75) is 40.2 Å². The van der Waals surface area contributed by atoms with Gasteiger partial charge in [0.15, 0.2) is 5.52 Å². The fourth-order valence-electron chi connectivity index (χ4n) is 3.29. The first-order valence-electron chi connectivity index (χ1n) is 8.04. The molecular weight excluding hydrogens is 308 g/mol. The van der Waals surface area contributed by atoms with Gasteiger partial charge in [0.25, 0.3) is 5.69 Å². The van der Waals surface area contributed by atoms with E-state index >= 15 is 0 Å². The van der Waals surface area contributed by atoms with Crippen molar-refractivity contribution in [3.8, 4) is 11.1 Å². The SMILES string of the molecule is Cc1noc(C)c1-c1cc([N+](=O)[O-])c2nc(C)n(CC3CC3)c2c1. The minimum Gasteiger partial charge on any atom is -0.361 e. The van der Waals surface area contributed by atoms with E-state index in [4.69, 9.17) is 4.52 Å². The summed E-state index contributed by atoms with van der Waals surface area (Å²) < 4.78 is 7.33. The average Bonchev–Trinajstić information content (AvgIpc) is 3.22. The Bertz CT molecular complexity index is 947. The zero-order valence-electron chi connectivity index (χ0n) is 13.9. The molecule has 0 unspecified atom stereocenters. The van der Waals surface area contributed by atoms with Crippen molar-refractivity contribution in [1.29, 1.82) is 0 Å². The Kier molecular flexibility index (Phi) is 3.19. The predicted octanol–water partition coefficient (Wildman–Crippen LogP) is 3.93. The van der Waals surface area contributed by atoms with Crippen LogP contribution in [0, 0.1) is 36.8 Å². The lowest BCUT2D eigenvalue weighted by Crippen LogP contribution is -2.02. The van der Waals surface area contributed by atoms with Crippen molar-refractivity contribution in [3.05, 3.63) is 39.5 Å². The topological polar surface area (TPSA) is 87.0 Å². The van der Waals surface area contributed by atoms with Crippen molar-refractivity contribution in [2.24, 2.45) is 5.92 Å². The Hall–Kier alpha value is -2.70. The van der Waals surface area contributed by atoms with Crippen molar-refractivity contribution in [1.82, 2.24) is 14.7 Å². The predicted molar refractivity (Wildman–Crippen MR) is 88.8 cm³/mol. The monoisotopic (exact) mass is 326 g/mol. The Morgan fingerprint density at radius 1 is 1.33 bits per heavy atom. The molecule has 4 rings (SSSR count). The number of hydrogen-bond acceptors (Lipinski definition) is 5. The standard InChI is InChI=1S/C17H18N4O3/c1-9-16(10(2)24-19-9)13-6-14-17(15(7-13)21(22)23)18-11(3)20(14)8-12-4-5-12/h6-7,12H,4-5,8H2,1-3H3. The van der Waals surface area contributed by atoms with Crippen LogP contribution in [-0.4, -0.2) is 19.6 Å². The number of rotatable bonds is 4. The van der Waals surface area contributed by atoms with E-state index in [9.17, 15) is 10.1 Å². The van der Waals surface area contributed by atoms with Gasteiger partial charge in [-0.05, 0) is 51.2 Å². The quantitative estimate of drug-likeness (QED) is 0.535. The summed E-state index contributed by atoms with van der Waals surface area (Å²) >= 11 is 0. The lowest BCUT2D eigenvalue weighted by atomic mass is 10.0. The molecule has 0 bridgehead atoms. The molecule has 0 radical (unpaired) electrons. The van der Waals surface area contributed by atoms with E-state index in [-0.39, 0.29) is 10.6 Å². The molecule has 0 aliphatic heterocycles.